The molecule has 5 rings (SSSR count). The molecule has 0 bridgehead atoms. The first kappa shape index (κ1) is 23.7. The molecule has 7 atom stereocenters. The molecule has 1 heterocycles. The van der Waals surface area contributed by atoms with Crippen LogP contribution in [0.2, 0.25) is 0 Å². The largest absolute Gasteiger partial charge is 0.452 e. The van der Waals surface area contributed by atoms with E-state index in [0.29, 0.717) is 17.8 Å². The van der Waals surface area contributed by atoms with E-state index in [4.69, 9.17) is 4.74 Å². The van der Waals surface area contributed by atoms with Gasteiger partial charge in [0.05, 0.1) is 6.20 Å². The number of aryl methyl sites for hydroxylation is 1. The van der Waals surface area contributed by atoms with Gasteiger partial charge in [0.1, 0.15) is 11.7 Å². The van der Waals surface area contributed by atoms with Crippen LogP contribution in [0.4, 0.5) is 0 Å². The Hall–Kier alpha value is -2.05. The first-order chi connectivity index (χ1) is 16.3. The van der Waals surface area contributed by atoms with Crippen LogP contribution in [-0.2, 0) is 21.7 Å². The van der Waals surface area contributed by atoms with E-state index in [-0.39, 0.29) is 22.8 Å². The first-order valence-electron chi connectivity index (χ1n) is 13.4. The maximum atomic E-state index is 12.4. The van der Waals surface area contributed by atoms with Gasteiger partial charge in [0.15, 0.2) is 5.60 Å². The van der Waals surface area contributed by atoms with E-state index in [2.05, 4.69) is 42.3 Å². The fourth-order valence-corrected chi connectivity index (χ4v) is 8.59. The SMILES string of the molecule is CCCCn1cc(C2(OC(C)=O)CCC3C4CCC5=CC(N=O)CCC5(C)C4CCC32C)nn1. The number of fused-ring (bicyclic) bond motifs is 5. The summed E-state index contributed by atoms with van der Waals surface area (Å²) in [6.45, 7) is 9.34. The average molecular weight is 469 g/mol. The van der Waals surface area contributed by atoms with Crippen LogP contribution >= 0.6 is 0 Å². The molecule has 3 saturated carbocycles. The highest BCUT2D eigenvalue weighted by atomic mass is 16.6. The lowest BCUT2D eigenvalue weighted by Crippen LogP contribution is -2.55. The van der Waals surface area contributed by atoms with Gasteiger partial charge in [-0.05, 0) is 81.0 Å². The van der Waals surface area contributed by atoms with Crippen LogP contribution in [0.1, 0.15) is 97.6 Å². The quantitative estimate of drug-likeness (QED) is 0.293. The molecule has 7 nitrogen and oxygen atoms in total. The summed E-state index contributed by atoms with van der Waals surface area (Å²) in [6, 6.07) is -0.146. The summed E-state index contributed by atoms with van der Waals surface area (Å²) in [7, 11) is 0. The Bertz CT molecular complexity index is 988. The predicted octanol–water partition coefficient (Wildman–Crippen LogP) is 5.93. The first-order valence-corrected chi connectivity index (χ1v) is 13.4. The Morgan fingerprint density at radius 2 is 1.97 bits per heavy atom. The van der Waals surface area contributed by atoms with Gasteiger partial charge >= 0.3 is 5.97 Å². The topological polar surface area (TPSA) is 86.4 Å². The zero-order valence-corrected chi connectivity index (χ0v) is 21.3. The summed E-state index contributed by atoms with van der Waals surface area (Å²) >= 11 is 0. The summed E-state index contributed by atoms with van der Waals surface area (Å²) in [5.74, 6) is 1.49. The Morgan fingerprint density at radius 1 is 1.18 bits per heavy atom. The number of esters is 1. The zero-order chi connectivity index (χ0) is 24.1. The third-order valence-corrected chi connectivity index (χ3v) is 10.4. The minimum absolute atomic E-state index is 0.146. The molecule has 3 fully saturated rings. The second-order valence-corrected chi connectivity index (χ2v) is 11.9. The number of allylic oxidation sites excluding steroid dienone is 1. The van der Waals surface area contributed by atoms with Crippen LogP contribution < -0.4 is 0 Å². The number of nitroso groups, excluding NO2 is 1. The van der Waals surface area contributed by atoms with Crippen molar-refractivity contribution < 1.29 is 9.53 Å². The molecule has 1 aromatic heterocycles. The molecule has 0 aromatic carbocycles. The highest BCUT2D eigenvalue weighted by Crippen LogP contribution is 2.70. The number of ether oxygens (including phenoxy) is 1. The number of carbonyl (C=O) groups is 1. The van der Waals surface area contributed by atoms with Crippen LogP contribution in [0, 0.1) is 33.5 Å². The molecule has 4 aliphatic rings. The Balaban J connectivity index is 1.48. The minimum Gasteiger partial charge on any atom is -0.452 e. The van der Waals surface area contributed by atoms with E-state index in [1.54, 1.807) is 0 Å². The van der Waals surface area contributed by atoms with Crippen molar-refractivity contribution in [3.8, 4) is 0 Å². The van der Waals surface area contributed by atoms with Crippen molar-refractivity contribution >= 4 is 5.97 Å². The number of hydrogen-bond acceptors (Lipinski definition) is 6. The van der Waals surface area contributed by atoms with Crippen molar-refractivity contribution in [3.63, 3.8) is 0 Å². The molecular weight excluding hydrogens is 428 g/mol. The summed E-state index contributed by atoms with van der Waals surface area (Å²) < 4.78 is 8.22. The molecule has 0 amide bonds. The zero-order valence-electron chi connectivity index (χ0n) is 21.3. The third-order valence-electron chi connectivity index (χ3n) is 10.4. The highest BCUT2D eigenvalue weighted by Gasteiger charge is 2.67. The van der Waals surface area contributed by atoms with E-state index < -0.39 is 5.60 Å². The van der Waals surface area contributed by atoms with Gasteiger partial charge in [-0.25, -0.2) is 0 Å². The number of unbranched alkanes of at least 4 members (excludes halogenated alkanes) is 1. The van der Waals surface area contributed by atoms with Gasteiger partial charge in [0, 0.05) is 18.9 Å². The lowest BCUT2D eigenvalue weighted by Gasteiger charge is -2.59. The molecule has 1 aromatic rings. The molecule has 0 radical (unpaired) electrons. The fraction of sp³-hybridized carbons (Fsp3) is 0.815. The van der Waals surface area contributed by atoms with Crippen molar-refractivity contribution in [1.82, 2.24) is 15.0 Å². The van der Waals surface area contributed by atoms with Gasteiger partial charge in [-0.2, -0.15) is 4.91 Å². The Labute approximate surface area is 203 Å². The fourth-order valence-electron chi connectivity index (χ4n) is 8.59. The van der Waals surface area contributed by atoms with Crippen molar-refractivity contribution in [2.45, 2.75) is 110 Å². The van der Waals surface area contributed by atoms with Crippen molar-refractivity contribution in [2.24, 2.45) is 33.8 Å². The molecule has 34 heavy (non-hydrogen) atoms. The van der Waals surface area contributed by atoms with Gasteiger partial charge < -0.3 is 4.74 Å². The van der Waals surface area contributed by atoms with Crippen LogP contribution in [-0.4, -0.2) is 27.0 Å². The van der Waals surface area contributed by atoms with Gasteiger partial charge in [-0.3, -0.25) is 9.48 Å². The molecule has 0 aliphatic heterocycles. The van der Waals surface area contributed by atoms with Crippen LogP contribution in [0.5, 0.6) is 0 Å². The van der Waals surface area contributed by atoms with Gasteiger partial charge in [0.2, 0.25) is 0 Å². The predicted molar refractivity (Wildman–Crippen MR) is 130 cm³/mol. The summed E-state index contributed by atoms with van der Waals surface area (Å²) in [6.07, 6.45) is 14.5. The number of hydrogen-bond donors (Lipinski definition) is 0. The van der Waals surface area contributed by atoms with Gasteiger partial charge in [-0.1, -0.05) is 49.2 Å². The van der Waals surface area contributed by atoms with Gasteiger partial charge in [0.25, 0.3) is 0 Å². The maximum Gasteiger partial charge on any atom is 0.303 e. The van der Waals surface area contributed by atoms with Gasteiger partial charge in [-0.15, -0.1) is 5.10 Å². The molecule has 7 unspecified atom stereocenters. The number of aromatic nitrogens is 3. The number of nitrogens with zero attached hydrogens (tertiary/aromatic N) is 4. The minimum atomic E-state index is -0.699. The summed E-state index contributed by atoms with van der Waals surface area (Å²) in [4.78, 5) is 23.7. The Morgan fingerprint density at radius 3 is 2.71 bits per heavy atom. The molecule has 0 N–H and O–H groups in total. The second-order valence-electron chi connectivity index (χ2n) is 11.9. The average Bonchev–Trinajstić information content (AvgIpc) is 3.40. The molecule has 4 aliphatic carbocycles. The van der Waals surface area contributed by atoms with Crippen LogP contribution in [0.15, 0.2) is 23.0 Å². The van der Waals surface area contributed by atoms with Crippen LogP contribution in [0.3, 0.4) is 0 Å². The lowest BCUT2D eigenvalue weighted by atomic mass is 9.46. The standard InChI is InChI=1S/C27H40N4O3/c1-5-6-15-31-17-24(28-30-31)27(34-18(2)32)14-11-23-21-8-7-19-16-20(29-33)9-12-25(19,3)22(21)10-13-26(23,27)4/h16-17,20-23H,5-15H2,1-4H3. The smallest absolute Gasteiger partial charge is 0.303 e. The lowest BCUT2D eigenvalue weighted by molar-refractivity contribution is -0.186. The van der Waals surface area contributed by atoms with Crippen molar-refractivity contribution in [2.75, 3.05) is 0 Å². The normalized spacial score (nSPS) is 41.1. The monoisotopic (exact) mass is 468 g/mol. The third kappa shape index (κ3) is 3.40. The molecule has 0 saturated heterocycles. The van der Waals surface area contributed by atoms with E-state index in [1.807, 2.05) is 10.9 Å². The summed E-state index contributed by atoms with van der Waals surface area (Å²) in [5, 5.41) is 12.4. The number of carbonyl (C=O) groups excluding carboxylic acids is 1. The maximum absolute atomic E-state index is 12.4. The molecular formula is C27H40N4O3. The van der Waals surface area contributed by atoms with E-state index in [1.165, 1.54) is 12.5 Å². The summed E-state index contributed by atoms with van der Waals surface area (Å²) in [5.41, 5.74) is 1.62. The van der Waals surface area contributed by atoms with Crippen molar-refractivity contribution in [3.05, 3.63) is 28.4 Å². The second kappa shape index (κ2) is 8.56. The highest BCUT2D eigenvalue weighted by molar-refractivity contribution is 5.67. The van der Waals surface area contributed by atoms with E-state index in [9.17, 15) is 9.70 Å². The van der Waals surface area contributed by atoms with E-state index >= 15 is 0 Å². The molecule has 7 heteroatoms. The molecule has 186 valence electrons. The van der Waals surface area contributed by atoms with E-state index in [0.717, 1.165) is 76.4 Å². The Kier molecular flexibility index (Phi) is 5.96. The molecule has 0 spiro atoms. The van der Waals surface area contributed by atoms with Crippen LogP contribution in [0.25, 0.3) is 0 Å². The van der Waals surface area contributed by atoms with Crippen molar-refractivity contribution in [1.29, 1.82) is 0 Å². The number of rotatable bonds is 6.